The lowest BCUT2D eigenvalue weighted by Gasteiger charge is -2.19. The van der Waals surface area contributed by atoms with Crippen LogP contribution < -0.4 is 5.32 Å². The predicted molar refractivity (Wildman–Crippen MR) is 111 cm³/mol. The smallest absolute Gasteiger partial charge is 0.232 e. The van der Waals surface area contributed by atoms with Crippen molar-refractivity contribution in [2.24, 2.45) is 0 Å². The Hall–Kier alpha value is -3.84. The first-order valence-corrected chi connectivity index (χ1v) is 9.87. The van der Waals surface area contributed by atoms with E-state index in [1.165, 1.54) is 23.4 Å². The minimum atomic E-state index is -0.428. The summed E-state index contributed by atoms with van der Waals surface area (Å²) >= 11 is 6.07. The molecule has 1 unspecified atom stereocenters. The van der Waals surface area contributed by atoms with Gasteiger partial charge in [0.2, 0.25) is 5.91 Å². The third-order valence-electron chi connectivity index (χ3n) is 5.39. The summed E-state index contributed by atoms with van der Waals surface area (Å²) in [5.41, 5.74) is 2.72. The summed E-state index contributed by atoms with van der Waals surface area (Å²) in [4.78, 5) is 23.1. The van der Waals surface area contributed by atoms with Gasteiger partial charge in [-0.25, -0.2) is 14.5 Å². The van der Waals surface area contributed by atoms with Crippen molar-refractivity contribution in [2.75, 3.05) is 5.32 Å². The number of carbonyl (C=O) groups is 1. The molecule has 4 heterocycles. The highest BCUT2D eigenvalue weighted by Crippen LogP contribution is 2.46. The number of amides is 1. The molecule has 1 atom stereocenters. The van der Waals surface area contributed by atoms with Crippen LogP contribution in [0.3, 0.4) is 0 Å². The maximum absolute atomic E-state index is 13.2. The van der Waals surface area contributed by atoms with Crippen LogP contribution in [0.1, 0.15) is 43.0 Å². The lowest BCUT2D eigenvalue weighted by atomic mass is 9.88. The number of nitrogens with zero attached hydrogens (tertiary/aromatic N) is 8. The maximum atomic E-state index is 13.2. The fraction of sp³-hybridized carbons (Fsp3) is 0.250. The van der Waals surface area contributed by atoms with Gasteiger partial charge in [0.1, 0.15) is 11.6 Å². The molecule has 0 spiro atoms. The number of carbonyl (C=O) groups excluding carboxylic acids is 1. The van der Waals surface area contributed by atoms with Gasteiger partial charge in [0.25, 0.3) is 0 Å². The van der Waals surface area contributed by atoms with Gasteiger partial charge in [-0.05, 0) is 12.5 Å². The molecule has 4 aromatic rings. The number of anilines is 1. The molecule has 31 heavy (non-hydrogen) atoms. The van der Waals surface area contributed by atoms with Crippen LogP contribution >= 0.6 is 11.6 Å². The fourth-order valence-corrected chi connectivity index (χ4v) is 4.30. The average molecular weight is 434 g/mol. The van der Waals surface area contributed by atoms with Crippen LogP contribution in [0.15, 0.2) is 36.9 Å². The van der Waals surface area contributed by atoms with Crippen molar-refractivity contribution in [1.82, 2.24) is 34.6 Å². The Balaban J connectivity index is 1.47. The Morgan fingerprint density at radius 1 is 1.26 bits per heavy atom. The van der Waals surface area contributed by atoms with E-state index >= 15 is 0 Å². The minimum absolute atomic E-state index is 0.207. The van der Waals surface area contributed by atoms with E-state index in [1.54, 1.807) is 22.8 Å². The zero-order valence-corrected chi connectivity index (χ0v) is 17.4. The number of nitrogens with one attached hydrogen (secondary N) is 1. The second kappa shape index (κ2) is 6.85. The minimum Gasteiger partial charge on any atom is -0.324 e. The highest BCUT2D eigenvalue weighted by atomic mass is 35.5. The topological polar surface area (TPSA) is 127 Å². The van der Waals surface area contributed by atoms with Crippen molar-refractivity contribution in [3.63, 3.8) is 0 Å². The molecule has 0 aliphatic heterocycles. The standard InChI is InChI=1S/C20H16ClN9O/c1-20(2)7-13(14-10-23-16-6-15(21)28-29(16)17(14)20)19(31)27-12-5-11(8-22)18(24-9-12)30-25-3-4-26-30/h3-6,9-10,13H,7H2,1-2H3,(H,27,31). The van der Waals surface area contributed by atoms with Gasteiger partial charge in [0, 0.05) is 23.2 Å². The van der Waals surface area contributed by atoms with Crippen LogP contribution in [0, 0.1) is 11.3 Å². The first-order valence-electron chi connectivity index (χ1n) is 9.50. The van der Waals surface area contributed by atoms with Gasteiger partial charge in [0.05, 0.1) is 35.9 Å². The summed E-state index contributed by atoms with van der Waals surface area (Å²) in [6.45, 7) is 4.13. The van der Waals surface area contributed by atoms with Gasteiger partial charge in [-0.3, -0.25) is 4.79 Å². The summed E-state index contributed by atoms with van der Waals surface area (Å²) in [5.74, 6) is -0.343. The van der Waals surface area contributed by atoms with Gasteiger partial charge in [-0.15, -0.1) is 4.80 Å². The molecule has 1 aliphatic rings. The van der Waals surface area contributed by atoms with Crippen molar-refractivity contribution in [3.05, 3.63) is 58.9 Å². The zero-order valence-electron chi connectivity index (χ0n) is 16.6. The fourth-order valence-electron chi connectivity index (χ4n) is 4.12. The van der Waals surface area contributed by atoms with Gasteiger partial charge < -0.3 is 5.32 Å². The third-order valence-corrected chi connectivity index (χ3v) is 5.58. The highest BCUT2D eigenvalue weighted by Gasteiger charge is 2.43. The van der Waals surface area contributed by atoms with Gasteiger partial charge in [-0.2, -0.15) is 20.6 Å². The molecular formula is C20H16ClN9O. The molecule has 1 N–H and O–H groups in total. The first kappa shape index (κ1) is 19.1. The number of rotatable bonds is 3. The molecule has 5 rings (SSSR count). The number of hydrogen-bond donors (Lipinski definition) is 1. The van der Waals surface area contributed by atoms with Gasteiger partial charge >= 0.3 is 0 Å². The lowest BCUT2D eigenvalue weighted by Crippen LogP contribution is -2.22. The first-order chi connectivity index (χ1) is 14.9. The van der Waals surface area contributed by atoms with Gasteiger partial charge in [0.15, 0.2) is 16.6 Å². The number of nitriles is 1. The SMILES string of the molecule is CC1(C)CC(C(=O)Nc2cnc(-n3nccn3)c(C#N)c2)c2cnc3cc(Cl)nn3c21. The van der Waals surface area contributed by atoms with Crippen molar-refractivity contribution < 1.29 is 4.79 Å². The van der Waals surface area contributed by atoms with Gasteiger partial charge in [-0.1, -0.05) is 25.4 Å². The highest BCUT2D eigenvalue weighted by molar-refractivity contribution is 6.29. The molecule has 0 aromatic carbocycles. The summed E-state index contributed by atoms with van der Waals surface area (Å²) in [6, 6.07) is 5.32. The van der Waals surface area contributed by atoms with Crippen LogP contribution in [-0.4, -0.2) is 40.5 Å². The zero-order chi connectivity index (χ0) is 21.8. The van der Waals surface area contributed by atoms with E-state index in [2.05, 4.69) is 50.5 Å². The Labute approximate surface area is 181 Å². The third kappa shape index (κ3) is 3.10. The quantitative estimate of drug-likeness (QED) is 0.526. The monoisotopic (exact) mass is 433 g/mol. The van der Waals surface area contributed by atoms with E-state index in [0.29, 0.717) is 28.7 Å². The molecule has 11 heteroatoms. The van der Waals surface area contributed by atoms with E-state index < -0.39 is 5.92 Å². The molecule has 0 saturated carbocycles. The van der Waals surface area contributed by atoms with Crippen LogP contribution in [0.5, 0.6) is 0 Å². The Morgan fingerprint density at radius 3 is 2.77 bits per heavy atom. The number of pyridine rings is 1. The largest absolute Gasteiger partial charge is 0.324 e. The number of aromatic nitrogens is 7. The van der Waals surface area contributed by atoms with Crippen molar-refractivity contribution >= 4 is 28.8 Å². The van der Waals surface area contributed by atoms with Crippen molar-refractivity contribution in [3.8, 4) is 11.9 Å². The molecule has 0 saturated heterocycles. The normalized spacial score (nSPS) is 16.8. The molecule has 0 radical (unpaired) electrons. The van der Waals surface area contributed by atoms with Crippen LogP contribution in [0.4, 0.5) is 5.69 Å². The van der Waals surface area contributed by atoms with E-state index in [1.807, 2.05) is 0 Å². The molecule has 4 aromatic heterocycles. The molecule has 1 aliphatic carbocycles. The Kier molecular flexibility index (Phi) is 4.23. The average Bonchev–Trinajstić information content (AvgIpc) is 3.44. The van der Waals surface area contributed by atoms with E-state index in [4.69, 9.17) is 11.6 Å². The molecule has 0 fully saturated rings. The van der Waals surface area contributed by atoms with Crippen LogP contribution in [-0.2, 0) is 10.2 Å². The lowest BCUT2D eigenvalue weighted by molar-refractivity contribution is -0.117. The summed E-state index contributed by atoms with van der Waals surface area (Å²) in [6.07, 6.45) is 6.77. The summed E-state index contributed by atoms with van der Waals surface area (Å²) in [5, 5.41) is 25.1. The molecule has 1 amide bonds. The van der Waals surface area contributed by atoms with Crippen molar-refractivity contribution in [2.45, 2.75) is 31.6 Å². The number of halogens is 1. The summed E-state index contributed by atoms with van der Waals surface area (Å²) in [7, 11) is 0. The molecule has 0 bridgehead atoms. The van der Waals surface area contributed by atoms with Crippen LogP contribution in [0.25, 0.3) is 11.5 Å². The van der Waals surface area contributed by atoms with Crippen molar-refractivity contribution in [1.29, 1.82) is 5.26 Å². The maximum Gasteiger partial charge on any atom is 0.232 e. The number of hydrogen-bond acceptors (Lipinski definition) is 7. The van der Waals surface area contributed by atoms with E-state index in [0.717, 1.165) is 11.3 Å². The molecule has 10 nitrogen and oxygen atoms in total. The Bertz CT molecular complexity index is 1370. The molecule has 154 valence electrons. The summed E-state index contributed by atoms with van der Waals surface area (Å²) < 4.78 is 1.71. The van der Waals surface area contributed by atoms with Crippen LogP contribution in [0.2, 0.25) is 5.15 Å². The Morgan fingerprint density at radius 2 is 2.03 bits per heavy atom. The molecular weight excluding hydrogens is 418 g/mol. The van der Waals surface area contributed by atoms with E-state index in [9.17, 15) is 10.1 Å². The second-order valence-electron chi connectivity index (χ2n) is 7.95. The number of fused-ring (bicyclic) bond motifs is 3. The predicted octanol–water partition coefficient (Wildman–Crippen LogP) is 2.63. The second-order valence-corrected chi connectivity index (χ2v) is 8.34. The van der Waals surface area contributed by atoms with E-state index in [-0.39, 0.29) is 16.9 Å².